The van der Waals surface area contributed by atoms with E-state index in [9.17, 15) is 0 Å². The molecular weight excluding hydrogens is 138 g/mol. The third-order valence-electron chi connectivity index (χ3n) is 1.22. The van der Waals surface area contributed by atoms with Crippen LogP contribution in [-0.2, 0) is 0 Å². The molecule has 0 aliphatic heterocycles. The lowest BCUT2D eigenvalue weighted by Crippen LogP contribution is -1.86. The quantitative estimate of drug-likeness (QED) is 0.366. The third kappa shape index (κ3) is 6.90. The first kappa shape index (κ1) is 10.0. The minimum atomic E-state index is 0.649. The molecule has 0 saturated carbocycles. The number of rotatable bonds is 4. The Kier molecular flexibility index (Phi) is 6.48. The van der Waals surface area contributed by atoms with Crippen LogP contribution in [0, 0.1) is 5.41 Å². The summed E-state index contributed by atoms with van der Waals surface area (Å²) in [5.41, 5.74) is 0. The number of unbranched alkanes of at least 4 members (excludes halogenated alkanes) is 2. The van der Waals surface area contributed by atoms with Crippen molar-refractivity contribution in [3.8, 4) is 0 Å². The van der Waals surface area contributed by atoms with E-state index >= 15 is 0 Å². The molecule has 0 rings (SSSR count). The van der Waals surface area contributed by atoms with E-state index in [4.69, 9.17) is 5.41 Å². The fourth-order valence-corrected chi connectivity index (χ4v) is 0.619. The van der Waals surface area contributed by atoms with Gasteiger partial charge in [0, 0.05) is 6.21 Å². The molecule has 0 unspecified atom stereocenters. The summed E-state index contributed by atoms with van der Waals surface area (Å²) in [4.78, 5) is 7.71. The Bertz CT molecular complexity index is 159. The highest BCUT2D eigenvalue weighted by Gasteiger charge is 1.81. The Morgan fingerprint density at radius 1 is 1.55 bits per heavy atom. The summed E-state index contributed by atoms with van der Waals surface area (Å²) in [5.74, 6) is 0.649. The number of nitrogens with one attached hydrogen (secondary N) is 1. The van der Waals surface area contributed by atoms with Crippen LogP contribution in [0.25, 0.3) is 0 Å². The van der Waals surface area contributed by atoms with Gasteiger partial charge in [0.15, 0.2) is 0 Å². The second-order valence-electron chi connectivity index (χ2n) is 2.26. The minimum Gasteiger partial charge on any atom is -0.289 e. The van der Waals surface area contributed by atoms with E-state index in [1.54, 1.807) is 6.92 Å². The van der Waals surface area contributed by atoms with Gasteiger partial charge in [-0.1, -0.05) is 13.3 Å². The molecule has 0 saturated heterocycles. The minimum absolute atomic E-state index is 0.649. The van der Waals surface area contributed by atoms with Crippen molar-refractivity contribution in [2.75, 3.05) is 0 Å². The van der Waals surface area contributed by atoms with Crippen molar-refractivity contribution in [1.29, 1.82) is 5.41 Å². The summed E-state index contributed by atoms with van der Waals surface area (Å²) >= 11 is 0. The predicted octanol–water partition coefficient (Wildman–Crippen LogP) is 2.27. The Labute approximate surface area is 67.8 Å². The lowest BCUT2D eigenvalue weighted by molar-refractivity contribution is 0.843. The van der Waals surface area contributed by atoms with E-state index in [2.05, 4.69) is 16.9 Å². The maximum Gasteiger partial charge on any atom is 0.126 e. The monoisotopic (exact) mass is 153 g/mol. The molecule has 0 spiro atoms. The molecule has 1 N–H and O–H groups in total. The predicted molar refractivity (Wildman–Crippen MR) is 49.9 cm³/mol. The molecule has 0 aromatic heterocycles. The zero-order valence-electron chi connectivity index (χ0n) is 7.17. The zero-order chi connectivity index (χ0) is 8.53. The Morgan fingerprint density at radius 2 is 2.27 bits per heavy atom. The molecule has 11 heavy (non-hydrogen) atoms. The SMILES string of the molecule is CCCCC=NC(C)=NC=N. The largest absolute Gasteiger partial charge is 0.289 e. The normalized spacial score (nSPS) is 12.4. The smallest absolute Gasteiger partial charge is 0.126 e. The highest BCUT2D eigenvalue weighted by Crippen LogP contribution is 1.90. The van der Waals surface area contributed by atoms with E-state index < -0.39 is 0 Å². The van der Waals surface area contributed by atoms with Gasteiger partial charge in [0.25, 0.3) is 0 Å². The molecule has 3 nitrogen and oxygen atoms in total. The van der Waals surface area contributed by atoms with Gasteiger partial charge in [0.1, 0.15) is 12.2 Å². The number of hydrogen-bond donors (Lipinski definition) is 1. The summed E-state index contributed by atoms with van der Waals surface area (Å²) < 4.78 is 0. The summed E-state index contributed by atoms with van der Waals surface area (Å²) in [5, 5.41) is 6.66. The first-order valence-corrected chi connectivity index (χ1v) is 3.87. The van der Waals surface area contributed by atoms with Crippen LogP contribution in [0.15, 0.2) is 9.98 Å². The van der Waals surface area contributed by atoms with Crippen molar-refractivity contribution in [3.05, 3.63) is 0 Å². The lowest BCUT2D eigenvalue weighted by Gasteiger charge is -1.88. The second-order valence-corrected chi connectivity index (χ2v) is 2.26. The Morgan fingerprint density at radius 3 is 2.82 bits per heavy atom. The summed E-state index contributed by atoms with van der Waals surface area (Å²) in [6.07, 6.45) is 6.22. The molecular formula is C8H15N3. The Hall–Kier alpha value is -0.990. The second kappa shape index (κ2) is 7.12. The fourth-order valence-electron chi connectivity index (χ4n) is 0.619. The van der Waals surface area contributed by atoms with Crippen LogP contribution in [0.4, 0.5) is 0 Å². The molecule has 0 aromatic carbocycles. The van der Waals surface area contributed by atoms with Crippen molar-refractivity contribution in [3.63, 3.8) is 0 Å². The molecule has 0 fully saturated rings. The van der Waals surface area contributed by atoms with Gasteiger partial charge in [0.2, 0.25) is 0 Å². The highest BCUT2D eigenvalue weighted by atomic mass is 14.9. The van der Waals surface area contributed by atoms with E-state index in [0.717, 1.165) is 12.8 Å². The van der Waals surface area contributed by atoms with Crippen LogP contribution in [0.3, 0.4) is 0 Å². The number of amidine groups is 1. The van der Waals surface area contributed by atoms with E-state index in [1.807, 2.05) is 6.21 Å². The molecule has 0 radical (unpaired) electrons. The standard InChI is InChI=1S/C8H15N3/c1-3-4-5-6-10-8(2)11-7-9/h6-7,9H,3-5H2,1-2H3. The van der Waals surface area contributed by atoms with Gasteiger partial charge >= 0.3 is 0 Å². The molecule has 0 atom stereocenters. The van der Waals surface area contributed by atoms with Crippen molar-refractivity contribution < 1.29 is 0 Å². The van der Waals surface area contributed by atoms with Crippen molar-refractivity contribution >= 4 is 18.4 Å². The average Bonchev–Trinajstić information content (AvgIpc) is 1.99. The van der Waals surface area contributed by atoms with E-state index in [-0.39, 0.29) is 0 Å². The third-order valence-corrected chi connectivity index (χ3v) is 1.22. The maximum absolute atomic E-state index is 6.66. The van der Waals surface area contributed by atoms with Crippen molar-refractivity contribution in [2.45, 2.75) is 33.1 Å². The van der Waals surface area contributed by atoms with Gasteiger partial charge in [-0.05, 0) is 19.8 Å². The van der Waals surface area contributed by atoms with Gasteiger partial charge in [0.05, 0.1) is 0 Å². The van der Waals surface area contributed by atoms with Crippen LogP contribution in [0.1, 0.15) is 33.1 Å². The first-order chi connectivity index (χ1) is 5.31. The van der Waals surface area contributed by atoms with Gasteiger partial charge in [-0.2, -0.15) is 0 Å². The summed E-state index contributed by atoms with van der Waals surface area (Å²) in [6, 6.07) is 0. The van der Waals surface area contributed by atoms with Gasteiger partial charge in [-0.25, -0.2) is 9.98 Å². The Balaban J connectivity index is 3.56. The van der Waals surface area contributed by atoms with Crippen molar-refractivity contribution in [2.24, 2.45) is 9.98 Å². The van der Waals surface area contributed by atoms with Crippen LogP contribution in [0.2, 0.25) is 0 Å². The van der Waals surface area contributed by atoms with Crippen LogP contribution >= 0.6 is 0 Å². The van der Waals surface area contributed by atoms with Gasteiger partial charge in [-0.3, -0.25) is 5.41 Å². The van der Waals surface area contributed by atoms with E-state index in [0.29, 0.717) is 5.84 Å². The average molecular weight is 153 g/mol. The van der Waals surface area contributed by atoms with Crippen molar-refractivity contribution in [1.82, 2.24) is 0 Å². The first-order valence-electron chi connectivity index (χ1n) is 3.87. The van der Waals surface area contributed by atoms with Gasteiger partial charge in [-0.15, -0.1) is 0 Å². The molecule has 3 heteroatoms. The number of nitrogens with zero attached hydrogens (tertiary/aromatic N) is 2. The fraction of sp³-hybridized carbons (Fsp3) is 0.625. The maximum atomic E-state index is 6.66. The van der Waals surface area contributed by atoms with Crippen LogP contribution in [0.5, 0.6) is 0 Å². The summed E-state index contributed by atoms with van der Waals surface area (Å²) in [7, 11) is 0. The molecule has 0 amide bonds. The molecule has 0 heterocycles. The molecule has 0 bridgehead atoms. The van der Waals surface area contributed by atoms with Crippen LogP contribution in [-0.4, -0.2) is 18.4 Å². The molecule has 0 aliphatic carbocycles. The molecule has 62 valence electrons. The summed E-state index contributed by atoms with van der Waals surface area (Å²) in [6.45, 7) is 3.93. The molecule has 0 aromatic rings. The van der Waals surface area contributed by atoms with Gasteiger partial charge < -0.3 is 0 Å². The van der Waals surface area contributed by atoms with Crippen LogP contribution < -0.4 is 0 Å². The molecule has 0 aliphatic rings. The zero-order valence-corrected chi connectivity index (χ0v) is 7.17. The number of hydrogen-bond acceptors (Lipinski definition) is 1. The topological polar surface area (TPSA) is 48.6 Å². The lowest BCUT2D eigenvalue weighted by atomic mass is 10.3. The number of aliphatic imine (C=N–C) groups is 2. The van der Waals surface area contributed by atoms with E-state index in [1.165, 1.54) is 12.8 Å². The highest BCUT2D eigenvalue weighted by molar-refractivity contribution is 5.91.